The molecule has 0 radical (unpaired) electrons. The molecular formula is C29H26O3. The van der Waals surface area contributed by atoms with Crippen molar-refractivity contribution in [2.75, 3.05) is 6.61 Å². The lowest BCUT2D eigenvalue weighted by molar-refractivity contribution is -0.136. The Morgan fingerprint density at radius 3 is 1.75 bits per heavy atom. The van der Waals surface area contributed by atoms with E-state index < -0.39 is 5.97 Å². The Morgan fingerprint density at radius 2 is 1.12 bits per heavy atom. The Hall–Kier alpha value is -3.85. The summed E-state index contributed by atoms with van der Waals surface area (Å²) < 4.78 is 11.0. The molecule has 0 aliphatic carbocycles. The highest BCUT2D eigenvalue weighted by molar-refractivity contribution is 5.74. The van der Waals surface area contributed by atoms with Gasteiger partial charge in [-0.15, -0.1) is 0 Å². The molecule has 3 heteroatoms. The zero-order chi connectivity index (χ0) is 22.4. The van der Waals surface area contributed by atoms with Crippen LogP contribution in [0.25, 0.3) is 11.1 Å². The predicted molar refractivity (Wildman–Crippen MR) is 128 cm³/mol. The van der Waals surface area contributed by atoms with E-state index >= 15 is 0 Å². The molecule has 0 aromatic heterocycles. The number of carbonyl (C=O) groups is 1. The van der Waals surface area contributed by atoms with E-state index in [0.717, 1.165) is 11.1 Å². The molecule has 0 aliphatic heterocycles. The topological polar surface area (TPSA) is 35.5 Å². The van der Waals surface area contributed by atoms with E-state index in [1.165, 1.54) is 11.1 Å². The van der Waals surface area contributed by atoms with Crippen LogP contribution in [0.3, 0.4) is 0 Å². The van der Waals surface area contributed by atoms with Gasteiger partial charge in [-0.25, -0.2) is 4.79 Å². The van der Waals surface area contributed by atoms with Crippen LogP contribution in [0.2, 0.25) is 0 Å². The van der Waals surface area contributed by atoms with E-state index in [2.05, 4.69) is 38.1 Å². The predicted octanol–water partition coefficient (Wildman–Crippen LogP) is 6.66. The maximum Gasteiger partial charge on any atom is 0.349 e. The molecule has 4 rings (SSSR count). The van der Waals surface area contributed by atoms with E-state index in [9.17, 15) is 4.79 Å². The Bertz CT molecular complexity index is 1150. The quantitative estimate of drug-likeness (QED) is 0.247. The van der Waals surface area contributed by atoms with Crippen LogP contribution in [-0.2, 0) is 10.2 Å². The first-order chi connectivity index (χ1) is 15.5. The summed E-state index contributed by atoms with van der Waals surface area (Å²) in [6, 6.07) is 35.8. The van der Waals surface area contributed by atoms with Crippen LogP contribution >= 0.6 is 0 Å². The first-order valence-corrected chi connectivity index (χ1v) is 10.7. The van der Waals surface area contributed by atoms with Crippen molar-refractivity contribution in [3.05, 3.63) is 120 Å². The normalized spacial score (nSPS) is 11.1. The van der Waals surface area contributed by atoms with Crippen LogP contribution in [0.5, 0.6) is 11.5 Å². The maximum absolute atomic E-state index is 12.2. The summed E-state index contributed by atoms with van der Waals surface area (Å²) >= 11 is 0. The van der Waals surface area contributed by atoms with Crippen LogP contribution in [-0.4, -0.2) is 12.6 Å². The van der Waals surface area contributed by atoms with Crippen molar-refractivity contribution in [1.29, 1.82) is 0 Å². The molecular weight excluding hydrogens is 396 g/mol. The number of carbonyl (C=O) groups excluding carboxylic acids is 1. The van der Waals surface area contributed by atoms with Gasteiger partial charge in [-0.1, -0.05) is 98.8 Å². The smallest absolute Gasteiger partial charge is 0.349 e. The summed E-state index contributed by atoms with van der Waals surface area (Å²) in [6.07, 6.45) is 0. The van der Waals surface area contributed by atoms with Crippen LogP contribution in [0.1, 0.15) is 25.0 Å². The van der Waals surface area contributed by atoms with Crippen LogP contribution in [0.4, 0.5) is 0 Å². The highest BCUT2D eigenvalue weighted by Gasteiger charge is 2.22. The zero-order valence-electron chi connectivity index (χ0n) is 18.3. The van der Waals surface area contributed by atoms with E-state index in [1.54, 1.807) is 12.1 Å². The average Bonchev–Trinajstić information content (AvgIpc) is 2.84. The lowest BCUT2D eigenvalue weighted by atomic mass is 9.78. The number of ether oxygens (including phenoxy) is 2. The van der Waals surface area contributed by atoms with Gasteiger partial charge in [0.25, 0.3) is 0 Å². The minimum Gasteiger partial charge on any atom is -0.482 e. The summed E-state index contributed by atoms with van der Waals surface area (Å²) in [6.45, 7) is 4.24. The van der Waals surface area contributed by atoms with Gasteiger partial charge in [-0.3, -0.25) is 0 Å². The molecule has 4 aromatic carbocycles. The number of rotatable bonds is 7. The second kappa shape index (κ2) is 9.52. The highest BCUT2D eigenvalue weighted by atomic mass is 16.6. The second-order valence-electron chi connectivity index (χ2n) is 8.17. The molecule has 0 heterocycles. The third kappa shape index (κ3) is 5.06. The van der Waals surface area contributed by atoms with Crippen molar-refractivity contribution in [3.8, 4) is 22.6 Å². The minimum atomic E-state index is -0.439. The van der Waals surface area contributed by atoms with Crippen molar-refractivity contribution in [2.24, 2.45) is 0 Å². The number of benzene rings is 4. The molecule has 0 atom stereocenters. The van der Waals surface area contributed by atoms with Crippen molar-refractivity contribution in [3.63, 3.8) is 0 Å². The monoisotopic (exact) mass is 422 g/mol. The molecule has 0 saturated carbocycles. The van der Waals surface area contributed by atoms with Gasteiger partial charge < -0.3 is 9.47 Å². The van der Waals surface area contributed by atoms with Crippen molar-refractivity contribution in [1.82, 2.24) is 0 Å². The summed E-state index contributed by atoms with van der Waals surface area (Å²) in [5.74, 6) is 0.693. The number of hydrogen-bond acceptors (Lipinski definition) is 3. The molecule has 3 nitrogen and oxygen atoms in total. The largest absolute Gasteiger partial charge is 0.482 e. The summed E-state index contributed by atoms with van der Waals surface area (Å²) in [4.78, 5) is 12.2. The van der Waals surface area contributed by atoms with Gasteiger partial charge in [0.05, 0.1) is 0 Å². The van der Waals surface area contributed by atoms with E-state index in [-0.39, 0.29) is 12.0 Å². The van der Waals surface area contributed by atoms with Gasteiger partial charge in [-0.2, -0.15) is 0 Å². The average molecular weight is 423 g/mol. The molecule has 0 unspecified atom stereocenters. The molecule has 0 spiro atoms. The molecule has 0 N–H and O–H groups in total. The summed E-state index contributed by atoms with van der Waals surface area (Å²) in [7, 11) is 0. The Labute approximate surface area is 189 Å². The van der Waals surface area contributed by atoms with Gasteiger partial charge in [0.2, 0.25) is 0 Å². The Morgan fingerprint density at radius 1 is 0.625 bits per heavy atom. The first kappa shape index (κ1) is 21.4. The minimum absolute atomic E-state index is 0.120. The molecule has 0 bridgehead atoms. The van der Waals surface area contributed by atoms with E-state index in [4.69, 9.17) is 9.47 Å². The summed E-state index contributed by atoms with van der Waals surface area (Å²) in [5, 5.41) is 0. The molecule has 160 valence electrons. The van der Waals surface area contributed by atoms with E-state index in [0.29, 0.717) is 11.5 Å². The van der Waals surface area contributed by atoms with Gasteiger partial charge in [-0.05, 0) is 46.5 Å². The number of esters is 1. The van der Waals surface area contributed by atoms with Crippen molar-refractivity contribution >= 4 is 5.97 Å². The molecule has 0 amide bonds. The molecule has 32 heavy (non-hydrogen) atoms. The molecule has 0 saturated heterocycles. The third-order valence-corrected chi connectivity index (χ3v) is 5.62. The highest BCUT2D eigenvalue weighted by Crippen LogP contribution is 2.32. The summed E-state index contributed by atoms with van der Waals surface area (Å²) in [5.41, 5.74) is 4.49. The van der Waals surface area contributed by atoms with Gasteiger partial charge in [0, 0.05) is 5.41 Å². The van der Waals surface area contributed by atoms with Gasteiger partial charge in [0.1, 0.15) is 11.5 Å². The van der Waals surface area contributed by atoms with Crippen molar-refractivity contribution in [2.45, 2.75) is 19.3 Å². The van der Waals surface area contributed by atoms with Crippen LogP contribution in [0.15, 0.2) is 109 Å². The first-order valence-electron chi connectivity index (χ1n) is 10.7. The lowest BCUT2D eigenvalue weighted by Gasteiger charge is -2.26. The van der Waals surface area contributed by atoms with Crippen LogP contribution in [0, 0.1) is 0 Å². The van der Waals surface area contributed by atoms with Gasteiger partial charge in [0.15, 0.2) is 6.61 Å². The van der Waals surface area contributed by atoms with Crippen molar-refractivity contribution < 1.29 is 14.3 Å². The fraction of sp³-hybridized carbons (Fsp3) is 0.138. The Kier molecular flexibility index (Phi) is 6.37. The molecule has 0 aliphatic rings. The number of hydrogen-bond donors (Lipinski definition) is 0. The standard InChI is InChI=1S/C29H26O3/c1-29(2,24-11-7-4-8-12-24)25-15-19-26(20-16-25)31-21-28(30)32-27-17-13-23(14-18-27)22-9-5-3-6-10-22/h3-20H,21H2,1-2H3. The molecule has 4 aromatic rings. The SMILES string of the molecule is CC(C)(c1ccccc1)c1ccc(OCC(=O)Oc2ccc(-c3ccccc3)cc2)cc1. The molecule has 0 fully saturated rings. The van der Waals surface area contributed by atoms with Crippen LogP contribution < -0.4 is 9.47 Å². The van der Waals surface area contributed by atoms with Gasteiger partial charge >= 0.3 is 5.97 Å². The second-order valence-corrected chi connectivity index (χ2v) is 8.17. The third-order valence-electron chi connectivity index (χ3n) is 5.62. The lowest BCUT2D eigenvalue weighted by Crippen LogP contribution is -2.19. The zero-order valence-corrected chi connectivity index (χ0v) is 18.3. The maximum atomic E-state index is 12.2. The van der Waals surface area contributed by atoms with E-state index in [1.807, 2.05) is 72.8 Å². The fourth-order valence-electron chi connectivity index (χ4n) is 3.64. The fourth-order valence-corrected chi connectivity index (χ4v) is 3.64. The Balaban J connectivity index is 1.32.